The molecule has 0 aliphatic heterocycles. The molecule has 1 aromatic rings. The van der Waals surface area contributed by atoms with Gasteiger partial charge >= 0.3 is 5.97 Å². The molecule has 82 valence electrons. The first-order valence-corrected chi connectivity index (χ1v) is 4.00. The van der Waals surface area contributed by atoms with Crippen molar-refractivity contribution in [2.45, 2.75) is 13.3 Å². The van der Waals surface area contributed by atoms with Gasteiger partial charge in [0.25, 0.3) is 6.43 Å². The third-order valence-electron chi connectivity index (χ3n) is 1.91. The number of carbonyl (C=O) groups is 1. The predicted molar refractivity (Wildman–Crippen MR) is 45.2 cm³/mol. The maximum atomic E-state index is 13.1. The zero-order chi connectivity index (χ0) is 11.6. The Morgan fingerprint density at radius 2 is 2.13 bits per heavy atom. The number of pyridine rings is 1. The van der Waals surface area contributed by atoms with Crippen LogP contribution in [0.2, 0.25) is 0 Å². The van der Waals surface area contributed by atoms with Crippen LogP contribution in [-0.2, 0) is 4.74 Å². The standard InChI is InChI=1S/C9H8F3NO2/c1-4-6(9(14)15-2)5(10)3-13-7(4)8(11)12/h3,8H,1-2H3. The number of aromatic nitrogens is 1. The minimum absolute atomic E-state index is 0.197. The molecule has 1 aromatic heterocycles. The summed E-state index contributed by atoms with van der Waals surface area (Å²) in [7, 11) is 1.05. The molecule has 1 heterocycles. The normalized spacial score (nSPS) is 10.5. The summed E-state index contributed by atoms with van der Waals surface area (Å²) in [4.78, 5) is 14.3. The quantitative estimate of drug-likeness (QED) is 0.716. The number of esters is 1. The summed E-state index contributed by atoms with van der Waals surface area (Å²) in [5, 5.41) is 0. The van der Waals surface area contributed by atoms with Gasteiger partial charge in [0, 0.05) is 0 Å². The van der Waals surface area contributed by atoms with E-state index in [2.05, 4.69) is 9.72 Å². The van der Waals surface area contributed by atoms with Crippen LogP contribution in [0.5, 0.6) is 0 Å². The van der Waals surface area contributed by atoms with E-state index >= 15 is 0 Å². The predicted octanol–water partition coefficient (Wildman–Crippen LogP) is 2.25. The van der Waals surface area contributed by atoms with Gasteiger partial charge in [0.2, 0.25) is 0 Å². The fourth-order valence-corrected chi connectivity index (χ4v) is 1.17. The third-order valence-corrected chi connectivity index (χ3v) is 1.91. The van der Waals surface area contributed by atoms with Crippen LogP contribution in [0.3, 0.4) is 0 Å². The average Bonchev–Trinajstić information content (AvgIpc) is 2.16. The molecule has 0 radical (unpaired) electrons. The molecule has 0 amide bonds. The van der Waals surface area contributed by atoms with Gasteiger partial charge in [-0.05, 0) is 12.5 Å². The van der Waals surface area contributed by atoms with E-state index in [4.69, 9.17) is 0 Å². The Hall–Kier alpha value is -1.59. The van der Waals surface area contributed by atoms with Crippen molar-refractivity contribution in [3.8, 4) is 0 Å². The molecule has 3 nitrogen and oxygen atoms in total. The van der Waals surface area contributed by atoms with Crippen molar-refractivity contribution in [1.82, 2.24) is 4.98 Å². The second-order valence-corrected chi connectivity index (χ2v) is 2.78. The molecule has 0 unspecified atom stereocenters. The topological polar surface area (TPSA) is 39.2 Å². The van der Waals surface area contributed by atoms with Crippen LogP contribution in [-0.4, -0.2) is 18.1 Å². The van der Waals surface area contributed by atoms with Crippen LogP contribution in [0.15, 0.2) is 6.20 Å². The van der Waals surface area contributed by atoms with Crippen molar-refractivity contribution in [2.24, 2.45) is 0 Å². The molecule has 6 heteroatoms. The molecule has 0 N–H and O–H groups in total. The molecule has 0 fully saturated rings. The number of nitrogens with zero attached hydrogens (tertiary/aromatic N) is 1. The summed E-state index contributed by atoms with van der Waals surface area (Å²) in [6.07, 6.45) is -2.27. The molecular formula is C9H8F3NO2. The molecule has 0 aliphatic rings. The van der Waals surface area contributed by atoms with E-state index in [1.165, 1.54) is 6.92 Å². The maximum absolute atomic E-state index is 13.1. The highest BCUT2D eigenvalue weighted by Crippen LogP contribution is 2.24. The Morgan fingerprint density at radius 1 is 1.53 bits per heavy atom. The van der Waals surface area contributed by atoms with Crippen LogP contribution in [0.25, 0.3) is 0 Å². The summed E-state index contributed by atoms with van der Waals surface area (Å²) >= 11 is 0. The van der Waals surface area contributed by atoms with Crippen molar-refractivity contribution in [2.75, 3.05) is 7.11 Å². The Bertz CT molecular complexity index is 393. The summed E-state index contributed by atoms with van der Waals surface area (Å²) in [5.74, 6) is -1.96. The Balaban J connectivity index is 3.36. The first-order valence-electron chi connectivity index (χ1n) is 4.00. The van der Waals surface area contributed by atoms with E-state index < -0.39 is 29.5 Å². The number of alkyl halides is 2. The Kier molecular flexibility index (Phi) is 3.28. The van der Waals surface area contributed by atoms with Gasteiger partial charge in [-0.2, -0.15) is 0 Å². The van der Waals surface area contributed by atoms with Crippen LogP contribution in [0.4, 0.5) is 13.2 Å². The summed E-state index contributed by atoms with van der Waals surface area (Å²) in [6, 6.07) is 0. The lowest BCUT2D eigenvalue weighted by atomic mass is 10.1. The number of halogens is 3. The number of hydrogen-bond acceptors (Lipinski definition) is 3. The monoisotopic (exact) mass is 219 g/mol. The van der Waals surface area contributed by atoms with Crippen LogP contribution >= 0.6 is 0 Å². The summed E-state index contributed by atoms with van der Waals surface area (Å²) < 4.78 is 42.1. The summed E-state index contributed by atoms with van der Waals surface area (Å²) in [6.45, 7) is 1.20. The Labute approximate surface area is 83.9 Å². The molecular weight excluding hydrogens is 211 g/mol. The zero-order valence-corrected chi connectivity index (χ0v) is 8.05. The highest BCUT2D eigenvalue weighted by molar-refractivity contribution is 5.91. The number of carbonyl (C=O) groups excluding carboxylic acids is 1. The fraction of sp³-hybridized carbons (Fsp3) is 0.333. The van der Waals surface area contributed by atoms with Gasteiger partial charge in [-0.25, -0.2) is 18.0 Å². The number of ether oxygens (including phenoxy) is 1. The maximum Gasteiger partial charge on any atom is 0.341 e. The van der Waals surface area contributed by atoms with Gasteiger partial charge in [-0.15, -0.1) is 0 Å². The van der Waals surface area contributed by atoms with Crippen LogP contribution in [0.1, 0.15) is 28.0 Å². The minimum Gasteiger partial charge on any atom is -0.465 e. The first kappa shape index (κ1) is 11.5. The fourth-order valence-electron chi connectivity index (χ4n) is 1.17. The highest BCUT2D eigenvalue weighted by Gasteiger charge is 2.22. The lowest BCUT2D eigenvalue weighted by Crippen LogP contribution is -2.10. The second kappa shape index (κ2) is 4.29. The second-order valence-electron chi connectivity index (χ2n) is 2.78. The van der Waals surface area contributed by atoms with Gasteiger partial charge < -0.3 is 4.74 Å². The van der Waals surface area contributed by atoms with Crippen LogP contribution in [0, 0.1) is 12.7 Å². The largest absolute Gasteiger partial charge is 0.465 e. The van der Waals surface area contributed by atoms with E-state index in [9.17, 15) is 18.0 Å². The number of methoxy groups -OCH3 is 1. The molecule has 0 aromatic carbocycles. The van der Waals surface area contributed by atoms with Gasteiger partial charge in [0.1, 0.15) is 11.3 Å². The SMILES string of the molecule is COC(=O)c1c(F)cnc(C(F)F)c1C. The molecule has 0 atom stereocenters. The number of rotatable bonds is 2. The van der Waals surface area contributed by atoms with Crippen LogP contribution < -0.4 is 0 Å². The molecule has 0 saturated heterocycles. The van der Waals surface area contributed by atoms with Gasteiger partial charge in [-0.1, -0.05) is 0 Å². The smallest absolute Gasteiger partial charge is 0.341 e. The number of hydrogen-bond donors (Lipinski definition) is 0. The first-order chi connectivity index (χ1) is 6.99. The van der Waals surface area contributed by atoms with Gasteiger partial charge in [-0.3, -0.25) is 4.98 Å². The van der Waals surface area contributed by atoms with E-state index in [0.717, 1.165) is 7.11 Å². The van der Waals surface area contributed by atoms with Crippen molar-refractivity contribution in [1.29, 1.82) is 0 Å². The lowest BCUT2D eigenvalue weighted by molar-refractivity contribution is 0.0593. The van der Waals surface area contributed by atoms with E-state index in [0.29, 0.717) is 6.20 Å². The van der Waals surface area contributed by atoms with E-state index in [1.807, 2.05) is 0 Å². The third kappa shape index (κ3) is 2.08. The van der Waals surface area contributed by atoms with E-state index in [-0.39, 0.29) is 5.56 Å². The molecule has 0 aliphatic carbocycles. The van der Waals surface area contributed by atoms with Crippen molar-refractivity contribution in [3.63, 3.8) is 0 Å². The zero-order valence-electron chi connectivity index (χ0n) is 8.05. The Morgan fingerprint density at radius 3 is 2.60 bits per heavy atom. The molecule has 0 bridgehead atoms. The van der Waals surface area contributed by atoms with Gasteiger partial charge in [0.05, 0.1) is 13.3 Å². The van der Waals surface area contributed by atoms with Crippen molar-refractivity contribution < 1.29 is 22.7 Å². The van der Waals surface area contributed by atoms with Crippen molar-refractivity contribution >= 4 is 5.97 Å². The lowest BCUT2D eigenvalue weighted by Gasteiger charge is -2.08. The molecule has 1 rings (SSSR count). The van der Waals surface area contributed by atoms with Gasteiger partial charge in [0.15, 0.2) is 5.82 Å². The summed E-state index contributed by atoms with van der Waals surface area (Å²) in [5.41, 5.74) is -1.31. The molecule has 0 saturated carbocycles. The molecule has 15 heavy (non-hydrogen) atoms. The molecule has 0 spiro atoms. The van der Waals surface area contributed by atoms with Crippen molar-refractivity contribution in [3.05, 3.63) is 28.8 Å². The minimum atomic E-state index is -2.85. The average molecular weight is 219 g/mol. The van der Waals surface area contributed by atoms with E-state index in [1.54, 1.807) is 0 Å². The highest BCUT2D eigenvalue weighted by atomic mass is 19.3.